The summed E-state index contributed by atoms with van der Waals surface area (Å²) >= 11 is 0. The maximum Gasteiger partial charge on any atom is 0.481 e. The number of aryl methyl sites for hydroxylation is 1. The molecular formula is C35H58BN5O4. The van der Waals surface area contributed by atoms with E-state index in [1.165, 1.54) is 12.0 Å². The van der Waals surface area contributed by atoms with E-state index in [2.05, 4.69) is 74.5 Å². The van der Waals surface area contributed by atoms with Gasteiger partial charge in [0.1, 0.15) is 6.04 Å². The molecule has 250 valence electrons. The number of hydrogen-bond donors (Lipinski definition) is 4. The van der Waals surface area contributed by atoms with Crippen molar-refractivity contribution in [2.75, 3.05) is 6.54 Å². The van der Waals surface area contributed by atoms with Gasteiger partial charge in [0, 0.05) is 13.0 Å². The maximum atomic E-state index is 13.8. The van der Waals surface area contributed by atoms with E-state index in [-0.39, 0.29) is 40.8 Å². The highest BCUT2D eigenvalue weighted by atomic mass is 16.7. The van der Waals surface area contributed by atoms with E-state index in [4.69, 9.17) is 20.8 Å². The number of hydrogen-bond acceptors (Lipinski definition) is 5. The van der Waals surface area contributed by atoms with Crippen molar-refractivity contribution in [2.24, 2.45) is 39.6 Å². The number of benzene rings is 1. The van der Waals surface area contributed by atoms with Gasteiger partial charge in [0.2, 0.25) is 11.8 Å². The Morgan fingerprint density at radius 3 is 2.40 bits per heavy atom. The first-order valence-electron chi connectivity index (χ1n) is 17.4. The molecule has 1 saturated heterocycles. The summed E-state index contributed by atoms with van der Waals surface area (Å²) in [5, 5.41) is 6.25. The number of rotatable bonds is 18. The third-order valence-corrected chi connectivity index (χ3v) is 10.7. The Labute approximate surface area is 271 Å². The molecule has 10 heteroatoms. The van der Waals surface area contributed by atoms with Crippen molar-refractivity contribution in [3.8, 4) is 0 Å². The summed E-state index contributed by atoms with van der Waals surface area (Å²) in [4.78, 5) is 30.8. The third-order valence-electron chi connectivity index (χ3n) is 10.7. The molecule has 9 nitrogen and oxygen atoms in total. The van der Waals surface area contributed by atoms with Crippen molar-refractivity contribution in [3.05, 3.63) is 35.9 Å². The van der Waals surface area contributed by atoms with Gasteiger partial charge >= 0.3 is 7.12 Å². The van der Waals surface area contributed by atoms with Crippen LogP contribution in [0.1, 0.15) is 111 Å². The normalized spacial score (nSPS) is 26.0. The fourth-order valence-electron chi connectivity index (χ4n) is 7.93. The molecule has 2 bridgehead atoms. The molecule has 1 heterocycles. The standard InChI is InChI=1S/C35H58BN5O4/c1-24(2)21-30(36-44-29-23-26-22-28(34(26,3)4)35(29,5)45-36)41-32(43)27(18-14-20-39-33(37)38)40-31(42)19-13-8-6-7-10-15-25-16-11-9-12-17-25/h9,11-12,16-17,24,26-30H,6-8,10,13-15,18-23H2,1-5H3,(H,40,42)(H,41,43)(H4,37,38,39)/t26-,27-,28-,29+,30-,35-/m0/s1. The second-order valence-electron chi connectivity index (χ2n) is 14.9. The minimum atomic E-state index is -0.682. The van der Waals surface area contributed by atoms with Gasteiger partial charge in [-0.15, -0.1) is 0 Å². The quantitative estimate of drug-likeness (QED) is 0.0793. The molecule has 3 saturated carbocycles. The maximum absolute atomic E-state index is 13.8. The molecule has 2 amide bonds. The van der Waals surface area contributed by atoms with Crippen LogP contribution in [0.15, 0.2) is 35.3 Å². The van der Waals surface area contributed by atoms with Crippen LogP contribution in [0.4, 0.5) is 0 Å². The first kappa shape index (κ1) is 35.3. The Balaban J connectivity index is 1.29. The van der Waals surface area contributed by atoms with Gasteiger partial charge in [-0.25, -0.2) is 0 Å². The molecule has 0 aromatic heterocycles. The second kappa shape index (κ2) is 15.8. The second-order valence-corrected chi connectivity index (χ2v) is 14.9. The summed E-state index contributed by atoms with van der Waals surface area (Å²) in [7, 11) is -0.513. The van der Waals surface area contributed by atoms with Gasteiger partial charge in [0.25, 0.3) is 0 Å². The lowest BCUT2D eigenvalue weighted by Crippen LogP contribution is -2.65. The van der Waals surface area contributed by atoms with Crippen LogP contribution in [0.3, 0.4) is 0 Å². The highest BCUT2D eigenvalue weighted by Gasteiger charge is 2.68. The van der Waals surface area contributed by atoms with Crippen molar-refractivity contribution >= 4 is 24.9 Å². The summed E-state index contributed by atoms with van der Waals surface area (Å²) in [5.41, 5.74) is 12.3. The largest absolute Gasteiger partial charge is 0.481 e. The van der Waals surface area contributed by atoms with E-state index in [9.17, 15) is 9.59 Å². The van der Waals surface area contributed by atoms with E-state index in [1.807, 2.05) is 6.07 Å². The number of carbonyl (C=O) groups is 2. The topological polar surface area (TPSA) is 141 Å². The lowest BCUT2D eigenvalue weighted by Gasteiger charge is -2.64. The van der Waals surface area contributed by atoms with Crippen LogP contribution in [0, 0.1) is 23.2 Å². The van der Waals surface area contributed by atoms with Gasteiger partial charge in [0.05, 0.1) is 17.6 Å². The molecule has 4 fully saturated rings. The van der Waals surface area contributed by atoms with E-state index in [0.717, 1.165) is 51.4 Å². The van der Waals surface area contributed by atoms with Gasteiger partial charge in [0.15, 0.2) is 5.96 Å². The number of aliphatic imine (C=N–C) groups is 1. The number of guanidine groups is 1. The Bertz CT molecular complexity index is 1140. The Kier molecular flexibility index (Phi) is 12.4. The van der Waals surface area contributed by atoms with E-state index >= 15 is 0 Å². The first-order valence-corrected chi connectivity index (χ1v) is 17.4. The summed E-state index contributed by atoms with van der Waals surface area (Å²) in [6.07, 6.45) is 10.6. The fraction of sp³-hybridized carbons (Fsp3) is 0.743. The van der Waals surface area contributed by atoms with Crippen molar-refractivity contribution in [1.82, 2.24) is 10.6 Å². The Morgan fingerprint density at radius 1 is 1.00 bits per heavy atom. The molecular weight excluding hydrogens is 565 g/mol. The zero-order valence-corrected chi connectivity index (χ0v) is 28.4. The number of nitrogens with one attached hydrogen (secondary N) is 2. The lowest BCUT2D eigenvalue weighted by molar-refractivity contribution is -0.199. The highest BCUT2D eigenvalue weighted by molar-refractivity contribution is 6.48. The summed E-state index contributed by atoms with van der Waals surface area (Å²) in [5.74, 6) is 0.819. The monoisotopic (exact) mass is 623 g/mol. The molecule has 1 aromatic carbocycles. The third kappa shape index (κ3) is 9.25. The van der Waals surface area contributed by atoms with Crippen molar-refractivity contribution in [3.63, 3.8) is 0 Å². The van der Waals surface area contributed by atoms with Crippen molar-refractivity contribution in [1.29, 1.82) is 0 Å². The zero-order chi connectivity index (χ0) is 32.6. The lowest BCUT2D eigenvalue weighted by atomic mass is 9.43. The summed E-state index contributed by atoms with van der Waals surface area (Å²) in [6.45, 7) is 11.6. The van der Waals surface area contributed by atoms with Crippen LogP contribution >= 0.6 is 0 Å². The van der Waals surface area contributed by atoms with Gasteiger partial charge in [-0.1, -0.05) is 77.3 Å². The number of nitrogens with two attached hydrogens (primary N) is 2. The molecule has 6 atom stereocenters. The fourth-order valence-corrected chi connectivity index (χ4v) is 7.93. The van der Waals surface area contributed by atoms with E-state index in [1.54, 1.807) is 0 Å². The molecule has 3 aliphatic carbocycles. The minimum Gasteiger partial charge on any atom is -0.404 e. The molecule has 5 rings (SSSR count). The number of nitrogens with zero attached hydrogens (tertiary/aromatic N) is 1. The average molecular weight is 624 g/mol. The van der Waals surface area contributed by atoms with Gasteiger partial charge in [-0.3, -0.25) is 14.6 Å². The number of unbranched alkanes of at least 4 members (excludes halogenated alkanes) is 4. The molecule has 1 aliphatic heterocycles. The van der Waals surface area contributed by atoms with Gasteiger partial charge in [-0.2, -0.15) is 0 Å². The SMILES string of the molecule is CC(C)C[C@H](NC(=O)[C@H](CCCN=C(N)N)NC(=O)CCCCCCCc1ccccc1)B1O[C@@H]2C[C@@H]3C[C@@H](C3(C)C)[C@]2(C)O1. The molecule has 45 heavy (non-hydrogen) atoms. The average Bonchev–Trinajstić information content (AvgIpc) is 3.35. The van der Waals surface area contributed by atoms with Crippen molar-refractivity contribution in [2.45, 2.75) is 135 Å². The predicted molar refractivity (Wildman–Crippen MR) is 181 cm³/mol. The highest BCUT2D eigenvalue weighted by Crippen LogP contribution is 2.65. The molecule has 0 radical (unpaired) electrons. The number of carbonyl (C=O) groups excluding carboxylic acids is 2. The van der Waals surface area contributed by atoms with Crippen LogP contribution in [0.5, 0.6) is 0 Å². The predicted octanol–water partition coefficient (Wildman–Crippen LogP) is 4.91. The van der Waals surface area contributed by atoms with Crippen LogP contribution in [0.2, 0.25) is 0 Å². The van der Waals surface area contributed by atoms with E-state index in [0.29, 0.717) is 43.6 Å². The minimum absolute atomic E-state index is 0.0207. The summed E-state index contributed by atoms with van der Waals surface area (Å²) < 4.78 is 13.3. The molecule has 0 unspecified atom stereocenters. The Hall–Kier alpha value is -2.59. The smallest absolute Gasteiger partial charge is 0.404 e. The molecule has 6 N–H and O–H groups in total. The first-order chi connectivity index (χ1) is 21.4. The molecule has 0 spiro atoms. The van der Waals surface area contributed by atoms with Crippen LogP contribution in [-0.2, 0) is 25.3 Å². The number of amides is 2. The van der Waals surface area contributed by atoms with Crippen LogP contribution in [0.25, 0.3) is 0 Å². The summed E-state index contributed by atoms with van der Waals surface area (Å²) in [6, 6.07) is 9.86. The Morgan fingerprint density at radius 2 is 1.71 bits per heavy atom. The molecule has 1 aromatic rings. The molecule has 4 aliphatic rings. The zero-order valence-electron chi connectivity index (χ0n) is 28.4. The van der Waals surface area contributed by atoms with Gasteiger partial charge < -0.3 is 31.4 Å². The van der Waals surface area contributed by atoms with Crippen LogP contribution in [-0.4, -0.2) is 55.1 Å². The van der Waals surface area contributed by atoms with E-state index < -0.39 is 13.2 Å². The van der Waals surface area contributed by atoms with Gasteiger partial charge in [-0.05, 0) is 87.0 Å². The van der Waals surface area contributed by atoms with Crippen molar-refractivity contribution < 1.29 is 18.9 Å². The van der Waals surface area contributed by atoms with Crippen LogP contribution < -0.4 is 22.1 Å².